The van der Waals surface area contributed by atoms with E-state index in [4.69, 9.17) is 9.52 Å². The summed E-state index contributed by atoms with van der Waals surface area (Å²) in [6.07, 6.45) is 5.83. The molecule has 5 rings (SSSR count). The number of benzene rings is 2. The van der Waals surface area contributed by atoms with Crippen LogP contribution in [0.4, 0.5) is 16.3 Å². The van der Waals surface area contributed by atoms with E-state index >= 15 is 0 Å². The van der Waals surface area contributed by atoms with Gasteiger partial charge in [-0.2, -0.15) is 5.10 Å². The van der Waals surface area contributed by atoms with Gasteiger partial charge in [0.15, 0.2) is 0 Å². The molecule has 0 saturated carbocycles. The van der Waals surface area contributed by atoms with E-state index in [1.807, 2.05) is 60.4 Å². The van der Waals surface area contributed by atoms with Crippen molar-refractivity contribution in [2.75, 3.05) is 23.7 Å². The minimum Gasteiger partial charge on any atom is -0.472 e. The number of likely N-dealkylation sites (tertiary alicyclic amines) is 1. The zero-order valence-electron chi connectivity index (χ0n) is 23.6. The van der Waals surface area contributed by atoms with Gasteiger partial charge in [0.25, 0.3) is 5.91 Å². The summed E-state index contributed by atoms with van der Waals surface area (Å²) in [6.45, 7) is 9.82. The molecule has 0 unspecified atom stereocenters. The van der Waals surface area contributed by atoms with Crippen LogP contribution < -0.4 is 10.6 Å². The molecule has 0 spiro atoms. The zero-order chi connectivity index (χ0) is 28.3. The van der Waals surface area contributed by atoms with E-state index in [0.717, 1.165) is 60.5 Å². The second kappa shape index (κ2) is 11.4. The van der Waals surface area contributed by atoms with Gasteiger partial charge in [0.05, 0.1) is 23.2 Å². The summed E-state index contributed by atoms with van der Waals surface area (Å²) in [7, 11) is 0. The van der Waals surface area contributed by atoms with Crippen LogP contribution in [0.25, 0.3) is 5.69 Å². The predicted octanol–water partition coefficient (Wildman–Crippen LogP) is 6.81. The first-order valence-electron chi connectivity index (χ1n) is 13.8. The Kier molecular flexibility index (Phi) is 7.78. The summed E-state index contributed by atoms with van der Waals surface area (Å²) in [6, 6.07) is 19.4. The topological polar surface area (TPSA) is 92.4 Å². The highest BCUT2D eigenvalue weighted by atomic mass is 16.3. The molecule has 0 radical (unpaired) electrons. The average molecular weight is 540 g/mol. The van der Waals surface area contributed by atoms with E-state index in [1.165, 1.54) is 12.5 Å². The van der Waals surface area contributed by atoms with Crippen LogP contribution in [0.1, 0.15) is 60.8 Å². The predicted molar refractivity (Wildman–Crippen MR) is 157 cm³/mol. The molecule has 40 heavy (non-hydrogen) atoms. The molecule has 3 amide bonds. The van der Waals surface area contributed by atoms with Crippen molar-refractivity contribution in [2.45, 2.75) is 52.4 Å². The van der Waals surface area contributed by atoms with E-state index < -0.39 is 0 Å². The molecule has 8 nitrogen and oxygen atoms in total. The van der Waals surface area contributed by atoms with Gasteiger partial charge in [-0.25, -0.2) is 9.48 Å². The number of urea groups is 1. The first-order chi connectivity index (χ1) is 19.2. The third-order valence-electron chi connectivity index (χ3n) is 7.38. The lowest BCUT2D eigenvalue weighted by Gasteiger charge is -2.32. The molecular formula is C32H37N5O3. The summed E-state index contributed by atoms with van der Waals surface area (Å²) in [5, 5.41) is 10.8. The van der Waals surface area contributed by atoms with E-state index in [9.17, 15) is 9.59 Å². The highest BCUT2D eigenvalue weighted by Gasteiger charge is 2.25. The molecule has 0 aliphatic carbocycles. The number of carbonyl (C=O) groups is 2. The van der Waals surface area contributed by atoms with Crippen molar-refractivity contribution in [1.29, 1.82) is 0 Å². The van der Waals surface area contributed by atoms with Crippen molar-refractivity contribution < 1.29 is 14.0 Å². The van der Waals surface area contributed by atoms with Crippen LogP contribution in [-0.4, -0.2) is 39.7 Å². The number of nitrogens with zero attached hydrogens (tertiary/aromatic N) is 3. The average Bonchev–Trinajstić information content (AvgIpc) is 3.60. The van der Waals surface area contributed by atoms with E-state index in [0.29, 0.717) is 17.3 Å². The monoisotopic (exact) mass is 539 g/mol. The molecular weight excluding hydrogens is 502 g/mol. The molecule has 8 heteroatoms. The number of carbonyl (C=O) groups excluding carboxylic acids is 2. The third kappa shape index (κ3) is 6.45. The quantitative estimate of drug-likeness (QED) is 0.282. The molecule has 1 aliphatic heterocycles. The van der Waals surface area contributed by atoms with Gasteiger partial charge in [0.2, 0.25) is 0 Å². The van der Waals surface area contributed by atoms with Crippen molar-refractivity contribution in [2.24, 2.45) is 5.92 Å². The first-order valence-corrected chi connectivity index (χ1v) is 13.8. The van der Waals surface area contributed by atoms with E-state index in [2.05, 4.69) is 37.5 Å². The van der Waals surface area contributed by atoms with Gasteiger partial charge in [0.1, 0.15) is 12.1 Å². The molecule has 4 aromatic rings. The van der Waals surface area contributed by atoms with Crippen LogP contribution in [0.5, 0.6) is 0 Å². The highest BCUT2D eigenvalue weighted by molar-refractivity contribution is 5.99. The van der Waals surface area contributed by atoms with Gasteiger partial charge < -0.3 is 14.6 Å². The minimum absolute atomic E-state index is 0.0303. The van der Waals surface area contributed by atoms with Gasteiger partial charge in [-0.3, -0.25) is 10.1 Å². The number of anilines is 2. The SMILES string of the molecule is Cc1ccc(-n2nc(C(C)(C)C)cc2NC(=O)Nc2cccc(CC3CCN(C(=O)c4ccoc4)CC3)c2)cc1. The van der Waals surface area contributed by atoms with Gasteiger partial charge >= 0.3 is 6.03 Å². The molecule has 1 fully saturated rings. The molecule has 2 aromatic heterocycles. The Bertz CT molecular complexity index is 1460. The lowest BCUT2D eigenvalue weighted by Crippen LogP contribution is -2.38. The van der Waals surface area contributed by atoms with Crippen molar-refractivity contribution in [1.82, 2.24) is 14.7 Å². The number of piperidine rings is 1. The Hall–Kier alpha value is -4.33. The number of amides is 3. The number of rotatable bonds is 6. The molecule has 2 N–H and O–H groups in total. The smallest absolute Gasteiger partial charge is 0.324 e. The van der Waals surface area contributed by atoms with Crippen molar-refractivity contribution in [3.8, 4) is 5.69 Å². The maximum atomic E-state index is 13.1. The van der Waals surface area contributed by atoms with Gasteiger partial charge in [-0.05, 0) is 68.0 Å². The fourth-order valence-corrected chi connectivity index (χ4v) is 5.02. The molecule has 1 aliphatic rings. The van der Waals surface area contributed by atoms with Crippen LogP contribution >= 0.6 is 0 Å². The fraction of sp³-hybridized carbons (Fsp3) is 0.344. The van der Waals surface area contributed by atoms with Gasteiger partial charge in [-0.15, -0.1) is 0 Å². The van der Waals surface area contributed by atoms with Crippen molar-refractivity contribution in [3.05, 3.63) is 95.6 Å². The molecule has 1 saturated heterocycles. The van der Waals surface area contributed by atoms with Crippen LogP contribution in [0.15, 0.2) is 77.6 Å². The maximum Gasteiger partial charge on any atom is 0.324 e. The zero-order valence-corrected chi connectivity index (χ0v) is 23.6. The normalized spacial score (nSPS) is 14.2. The summed E-state index contributed by atoms with van der Waals surface area (Å²) >= 11 is 0. The van der Waals surface area contributed by atoms with Gasteiger partial charge in [0, 0.05) is 30.3 Å². The fourth-order valence-electron chi connectivity index (χ4n) is 5.02. The third-order valence-corrected chi connectivity index (χ3v) is 7.38. The van der Waals surface area contributed by atoms with Crippen LogP contribution in [0, 0.1) is 12.8 Å². The van der Waals surface area contributed by atoms with Crippen molar-refractivity contribution in [3.63, 3.8) is 0 Å². The number of furan rings is 1. The summed E-state index contributed by atoms with van der Waals surface area (Å²) < 4.78 is 6.83. The van der Waals surface area contributed by atoms with Crippen LogP contribution in [0.3, 0.4) is 0 Å². The lowest BCUT2D eigenvalue weighted by molar-refractivity contribution is 0.0690. The Morgan fingerprint density at radius 1 is 1.00 bits per heavy atom. The Balaban J connectivity index is 1.21. The minimum atomic E-state index is -0.322. The molecule has 2 aromatic carbocycles. The molecule has 3 heterocycles. The maximum absolute atomic E-state index is 13.1. The van der Waals surface area contributed by atoms with Crippen LogP contribution in [0.2, 0.25) is 0 Å². The Morgan fingerprint density at radius 3 is 2.42 bits per heavy atom. The number of aryl methyl sites for hydroxylation is 1. The Labute approximate surface area is 235 Å². The second-order valence-corrected chi connectivity index (χ2v) is 11.6. The summed E-state index contributed by atoms with van der Waals surface area (Å²) in [5.74, 6) is 1.12. The van der Waals surface area contributed by atoms with E-state index in [1.54, 1.807) is 10.7 Å². The van der Waals surface area contributed by atoms with Gasteiger partial charge in [-0.1, -0.05) is 50.6 Å². The highest BCUT2D eigenvalue weighted by Crippen LogP contribution is 2.27. The number of aromatic nitrogens is 2. The number of hydrogen-bond acceptors (Lipinski definition) is 4. The number of hydrogen-bond donors (Lipinski definition) is 2. The van der Waals surface area contributed by atoms with Crippen molar-refractivity contribution >= 4 is 23.4 Å². The molecule has 208 valence electrons. The molecule has 0 bridgehead atoms. The first kappa shape index (κ1) is 27.2. The number of nitrogens with one attached hydrogen (secondary N) is 2. The summed E-state index contributed by atoms with van der Waals surface area (Å²) in [5.41, 5.74) is 5.27. The lowest BCUT2D eigenvalue weighted by atomic mass is 9.90. The van der Waals surface area contributed by atoms with E-state index in [-0.39, 0.29) is 17.4 Å². The Morgan fingerprint density at radius 2 is 1.75 bits per heavy atom. The van der Waals surface area contributed by atoms with Crippen LogP contribution in [-0.2, 0) is 11.8 Å². The standard InChI is InChI=1S/C32H37N5O3/c1-22-8-10-27(11-9-22)37-29(20-28(35-37)32(2,3)4)34-31(39)33-26-7-5-6-24(19-26)18-23-12-15-36(16-13-23)30(38)25-14-17-40-21-25/h5-11,14,17,19-21,23H,12-13,15-16,18H2,1-4H3,(H2,33,34,39). The summed E-state index contributed by atoms with van der Waals surface area (Å²) in [4.78, 5) is 27.6. The largest absolute Gasteiger partial charge is 0.472 e. The second-order valence-electron chi connectivity index (χ2n) is 11.6. The molecule has 0 atom stereocenters.